The smallest absolute Gasteiger partial charge is 0.229 e. The first-order chi connectivity index (χ1) is 13.5. The molecule has 0 amide bonds. The van der Waals surface area contributed by atoms with Crippen LogP contribution in [0.2, 0.25) is 0 Å². The first-order valence-corrected chi connectivity index (χ1v) is 13.0. The van der Waals surface area contributed by atoms with Crippen molar-refractivity contribution in [3.8, 4) is 5.75 Å². The predicted octanol–water partition coefficient (Wildman–Crippen LogP) is 6.70. The van der Waals surface area contributed by atoms with Crippen molar-refractivity contribution in [3.05, 3.63) is 23.8 Å². The quantitative estimate of drug-likeness (QED) is 0.290. The highest BCUT2D eigenvalue weighted by molar-refractivity contribution is 7.92. The molecule has 0 aromatic heterocycles. The summed E-state index contributed by atoms with van der Waals surface area (Å²) in [5.41, 5.74) is 1.59. The van der Waals surface area contributed by atoms with E-state index in [2.05, 4.69) is 11.6 Å². The third kappa shape index (κ3) is 11.6. The van der Waals surface area contributed by atoms with Crippen LogP contribution in [0.5, 0.6) is 5.75 Å². The number of unbranched alkanes of at least 4 members (excludes halogenated alkanes) is 12. The van der Waals surface area contributed by atoms with Gasteiger partial charge < -0.3 is 4.74 Å². The van der Waals surface area contributed by atoms with Gasteiger partial charge in [0.25, 0.3) is 0 Å². The van der Waals surface area contributed by atoms with Gasteiger partial charge in [-0.25, -0.2) is 8.42 Å². The van der Waals surface area contributed by atoms with E-state index in [1.54, 1.807) is 13.2 Å². The number of hydrogen-bond acceptors (Lipinski definition) is 3. The number of sulfonamides is 1. The van der Waals surface area contributed by atoms with Crippen LogP contribution in [-0.2, 0) is 16.4 Å². The van der Waals surface area contributed by atoms with Crippen molar-refractivity contribution in [1.82, 2.24) is 0 Å². The van der Waals surface area contributed by atoms with Gasteiger partial charge in [0.15, 0.2) is 0 Å². The Labute approximate surface area is 173 Å². The number of ether oxygens (including phenoxy) is 1. The Hall–Kier alpha value is -1.23. The maximum absolute atomic E-state index is 11.5. The molecule has 0 aliphatic rings. The third-order valence-corrected chi connectivity index (χ3v) is 5.74. The van der Waals surface area contributed by atoms with Crippen molar-refractivity contribution in [1.29, 1.82) is 0 Å². The summed E-state index contributed by atoms with van der Waals surface area (Å²) < 4.78 is 31.0. The molecule has 0 aliphatic heterocycles. The number of nitrogens with one attached hydrogen (secondary N) is 1. The van der Waals surface area contributed by atoms with Crippen molar-refractivity contribution in [2.24, 2.45) is 0 Å². The Morgan fingerprint density at radius 3 is 1.79 bits per heavy atom. The molecule has 0 bridgehead atoms. The fourth-order valence-corrected chi connectivity index (χ4v) is 4.20. The van der Waals surface area contributed by atoms with Crippen molar-refractivity contribution < 1.29 is 13.2 Å². The third-order valence-electron chi connectivity index (χ3n) is 5.15. The summed E-state index contributed by atoms with van der Waals surface area (Å²) in [4.78, 5) is 0. The maximum atomic E-state index is 11.5. The van der Waals surface area contributed by atoms with Gasteiger partial charge in [0.1, 0.15) is 5.75 Å². The van der Waals surface area contributed by atoms with Gasteiger partial charge in [-0.3, -0.25) is 4.72 Å². The van der Waals surface area contributed by atoms with Crippen LogP contribution >= 0.6 is 0 Å². The molecule has 0 atom stereocenters. The number of benzene rings is 1. The highest BCUT2D eigenvalue weighted by Gasteiger charge is 2.12. The monoisotopic (exact) mass is 411 g/mol. The highest BCUT2D eigenvalue weighted by Crippen LogP contribution is 2.30. The van der Waals surface area contributed by atoms with Gasteiger partial charge in [-0.1, -0.05) is 96.1 Å². The molecule has 28 heavy (non-hydrogen) atoms. The second-order valence-electron chi connectivity index (χ2n) is 7.86. The molecule has 1 N–H and O–H groups in total. The molecule has 162 valence electrons. The number of methoxy groups -OCH3 is 1. The van der Waals surface area contributed by atoms with E-state index in [4.69, 9.17) is 4.74 Å². The average molecular weight is 412 g/mol. The number of para-hydroxylation sites is 1. The second-order valence-corrected chi connectivity index (χ2v) is 9.61. The molecule has 1 aromatic carbocycles. The summed E-state index contributed by atoms with van der Waals surface area (Å²) in [6, 6.07) is 5.65. The van der Waals surface area contributed by atoms with Crippen molar-refractivity contribution in [2.75, 3.05) is 18.1 Å². The lowest BCUT2D eigenvalue weighted by Gasteiger charge is -2.14. The number of hydrogen-bond donors (Lipinski definition) is 1. The fourth-order valence-electron chi connectivity index (χ4n) is 3.64. The van der Waals surface area contributed by atoms with E-state index < -0.39 is 10.0 Å². The second kappa shape index (κ2) is 14.7. The molecule has 0 radical (unpaired) electrons. The zero-order chi connectivity index (χ0) is 20.7. The Bertz CT molecular complexity index is 629. The van der Waals surface area contributed by atoms with Crippen molar-refractivity contribution in [3.63, 3.8) is 0 Å². The summed E-state index contributed by atoms with van der Waals surface area (Å²) >= 11 is 0. The van der Waals surface area contributed by atoms with Gasteiger partial charge >= 0.3 is 0 Å². The van der Waals surface area contributed by atoms with Gasteiger partial charge in [0.05, 0.1) is 19.1 Å². The standard InChI is InChI=1S/C23H41NO3S/c1-4-5-6-7-8-9-10-11-12-13-14-15-16-18-21-19-17-20-22(23(21)27-2)24-28(3,25)26/h17,19-20,24H,4-16,18H2,1-3H3. The minimum atomic E-state index is -3.31. The molecule has 5 heteroatoms. The Balaban J connectivity index is 2.16. The Morgan fingerprint density at radius 1 is 0.821 bits per heavy atom. The summed E-state index contributed by atoms with van der Waals surface area (Å²) in [5, 5.41) is 0. The summed E-state index contributed by atoms with van der Waals surface area (Å²) in [7, 11) is -1.71. The first kappa shape index (κ1) is 24.8. The van der Waals surface area contributed by atoms with E-state index in [1.807, 2.05) is 12.1 Å². The molecule has 1 aromatic rings. The Kier molecular flexibility index (Phi) is 13.0. The molecule has 4 nitrogen and oxygen atoms in total. The van der Waals surface area contributed by atoms with Crippen LogP contribution in [-0.4, -0.2) is 21.8 Å². The van der Waals surface area contributed by atoms with Gasteiger partial charge in [-0.15, -0.1) is 0 Å². The zero-order valence-electron chi connectivity index (χ0n) is 18.3. The van der Waals surface area contributed by atoms with Crippen LogP contribution in [0.25, 0.3) is 0 Å². The van der Waals surface area contributed by atoms with Crippen LogP contribution in [0.1, 0.15) is 96.0 Å². The van der Waals surface area contributed by atoms with E-state index in [0.29, 0.717) is 11.4 Å². The Morgan fingerprint density at radius 2 is 1.32 bits per heavy atom. The normalized spacial score (nSPS) is 11.5. The minimum Gasteiger partial charge on any atom is -0.494 e. The van der Waals surface area contributed by atoms with Crippen LogP contribution < -0.4 is 9.46 Å². The topological polar surface area (TPSA) is 55.4 Å². The van der Waals surface area contributed by atoms with Crippen molar-refractivity contribution in [2.45, 2.75) is 96.8 Å². The van der Waals surface area contributed by atoms with Gasteiger partial charge in [-0.2, -0.15) is 0 Å². The predicted molar refractivity (Wildman–Crippen MR) is 121 cm³/mol. The number of anilines is 1. The van der Waals surface area contributed by atoms with Crippen LogP contribution in [0.15, 0.2) is 18.2 Å². The SMILES string of the molecule is CCCCCCCCCCCCCCCc1cccc(NS(C)(=O)=O)c1OC. The van der Waals surface area contributed by atoms with E-state index in [9.17, 15) is 8.42 Å². The van der Waals surface area contributed by atoms with Crippen LogP contribution in [0, 0.1) is 0 Å². The molecule has 0 heterocycles. The zero-order valence-corrected chi connectivity index (χ0v) is 19.1. The van der Waals surface area contributed by atoms with Gasteiger partial charge in [-0.05, 0) is 24.5 Å². The molecule has 0 spiro atoms. The maximum Gasteiger partial charge on any atom is 0.229 e. The molecule has 0 saturated heterocycles. The van der Waals surface area contributed by atoms with Crippen LogP contribution in [0.4, 0.5) is 5.69 Å². The van der Waals surface area contributed by atoms with Gasteiger partial charge in [0, 0.05) is 0 Å². The van der Waals surface area contributed by atoms with E-state index >= 15 is 0 Å². The van der Waals surface area contributed by atoms with E-state index in [-0.39, 0.29) is 0 Å². The lowest BCUT2D eigenvalue weighted by Crippen LogP contribution is -2.11. The summed E-state index contributed by atoms with van der Waals surface area (Å²) in [6.45, 7) is 2.27. The van der Waals surface area contributed by atoms with Gasteiger partial charge in [0.2, 0.25) is 10.0 Å². The van der Waals surface area contributed by atoms with Crippen molar-refractivity contribution >= 4 is 15.7 Å². The lowest BCUT2D eigenvalue weighted by atomic mass is 10.0. The molecular formula is C23H41NO3S. The summed E-state index contributed by atoms with van der Waals surface area (Å²) in [5.74, 6) is 0.645. The molecule has 0 saturated carbocycles. The minimum absolute atomic E-state index is 0.525. The molecule has 1 rings (SSSR count). The number of aryl methyl sites for hydroxylation is 1. The highest BCUT2D eigenvalue weighted by atomic mass is 32.2. The van der Waals surface area contributed by atoms with E-state index in [1.165, 1.54) is 77.0 Å². The largest absolute Gasteiger partial charge is 0.494 e. The first-order valence-electron chi connectivity index (χ1n) is 11.1. The molecule has 0 fully saturated rings. The molecule has 0 unspecified atom stereocenters. The number of rotatable bonds is 17. The average Bonchev–Trinajstić information content (AvgIpc) is 2.64. The molecular weight excluding hydrogens is 370 g/mol. The van der Waals surface area contributed by atoms with E-state index in [0.717, 1.165) is 24.7 Å². The lowest BCUT2D eigenvalue weighted by molar-refractivity contribution is 0.410. The summed E-state index contributed by atoms with van der Waals surface area (Å²) in [6.07, 6.45) is 19.5. The van der Waals surface area contributed by atoms with Crippen LogP contribution in [0.3, 0.4) is 0 Å². The fraction of sp³-hybridized carbons (Fsp3) is 0.739. The molecule has 0 aliphatic carbocycles.